The number of rotatable bonds is 11. The summed E-state index contributed by atoms with van der Waals surface area (Å²) in [5.74, 6) is -0.296. The van der Waals surface area contributed by atoms with Crippen molar-refractivity contribution < 1.29 is 14.3 Å². The number of hydrogen-bond donors (Lipinski definition) is 2. The fourth-order valence-electron chi connectivity index (χ4n) is 2.10. The number of primary amides is 1. The van der Waals surface area contributed by atoms with Gasteiger partial charge in [0.15, 0.2) is 0 Å². The van der Waals surface area contributed by atoms with Gasteiger partial charge in [0, 0.05) is 12.6 Å². The molecule has 0 spiro atoms. The van der Waals surface area contributed by atoms with Crippen LogP contribution in [-0.4, -0.2) is 42.9 Å². The Hall–Kier alpha value is -0.650. The highest BCUT2D eigenvalue weighted by molar-refractivity contribution is 5.84. The monoisotopic (exact) mass is 302 g/mol. The molecule has 0 fully saturated rings. The van der Waals surface area contributed by atoms with Crippen LogP contribution in [0.1, 0.15) is 60.8 Å². The zero-order valence-electron chi connectivity index (χ0n) is 14.6. The van der Waals surface area contributed by atoms with Crippen LogP contribution in [0.25, 0.3) is 0 Å². The Labute approximate surface area is 129 Å². The largest absolute Gasteiger partial charge is 0.379 e. The van der Waals surface area contributed by atoms with E-state index in [0.29, 0.717) is 19.8 Å². The van der Waals surface area contributed by atoms with Crippen molar-refractivity contribution in [3.63, 3.8) is 0 Å². The Morgan fingerprint density at radius 2 is 1.71 bits per heavy atom. The molecule has 0 rings (SSSR count). The topological polar surface area (TPSA) is 73.6 Å². The molecule has 1 unspecified atom stereocenters. The Balaban J connectivity index is 3.75. The molecule has 1 amide bonds. The van der Waals surface area contributed by atoms with Gasteiger partial charge >= 0.3 is 0 Å². The number of ether oxygens (including phenoxy) is 2. The standard InChI is InChI=1S/C16H34N2O3/c1-13(2)18-16(6,14(17)19)9-7-8-10-20-11-12-21-15(3,4)5/h13,18H,7-12H2,1-6H3,(H2,17,19). The second-order valence-electron chi connectivity index (χ2n) is 7.03. The lowest BCUT2D eigenvalue weighted by Crippen LogP contribution is -2.55. The highest BCUT2D eigenvalue weighted by Crippen LogP contribution is 2.14. The van der Waals surface area contributed by atoms with E-state index in [1.807, 2.05) is 41.5 Å². The smallest absolute Gasteiger partial charge is 0.237 e. The van der Waals surface area contributed by atoms with Gasteiger partial charge in [-0.05, 0) is 60.8 Å². The molecule has 0 bridgehead atoms. The van der Waals surface area contributed by atoms with E-state index in [1.165, 1.54) is 0 Å². The Morgan fingerprint density at radius 1 is 1.10 bits per heavy atom. The first-order valence-electron chi connectivity index (χ1n) is 7.86. The highest BCUT2D eigenvalue weighted by Gasteiger charge is 2.30. The van der Waals surface area contributed by atoms with Crippen LogP contribution in [0.4, 0.5) is 0 Å². The second-order valence-corrected chi connectivity index (χ2v) is 7.03. The predicted octanol–water partition coefficient (Wildman–Crippen LogP) is 2.23. The normalized spacial score (nSPS) is 15.2. The van der Waals surface area contributed by atoms with Crippen molar-refractivity contribution in [1.29, 1.82) is 0 Å². The van der Waals surface area contributed by atoms with Crippen molar-refractivity contribution in [2.45, 2.75) is 78.0 Å². The first kappa shape index (κ1) is 20.3. The molecule has 0 aliphatic rings. The Bertz CT molecular complexity index is 300. The lowest BCUT2D eigenvalue weighted by atomic mass is 9.93. The number of amides is 1. The van der Waals surface area contributed by atoms with E-state index in [9.17, 15) is 4.79 Å². The summed E-state index contributed by atoms with van der Waals surface area (Å²) in [5, 5.41) is 3.25. The highest BCUT2D eigenvalue weighted by atomic mass is 16.5. The average molecular weight is 302 g/mol. The van der Waals surface area contributed by atoms with Crippen LogP contribution in [-0.2, 0) is 14.3 Å². The minimum absolute atomic E-state index is 0.116. The number of hydrogen-bond acceptors (Lipinski definition) is 4. The van der Waals surface area contributed by atoms with Gasteiger partial charge in [-0.1, -0.05) is 0 Å². The van der Waals surface area contributed by atoms with E-state index >= 15 is 0 Å². The van der Waals surface area contributed by atoms with Crippen molar-refractivity contribution in [3.8, 4) is 0 Å². The number of unbranched alkanes of at least 4 members (excludes halogenated alkanes) is 1. The fourth-order valence-corrected chi connectivity index (χ4v) is 2.10. The van der Waals surface area contributed by atoms with E-state index in [-0.39, 0.29) is 17.6 Å². The molecule has 5 heteroatoms. The number of nitrogens with two attached hydrogens (primary N) is 1. The summed E-state index contributed by atoms with van der Waals surface area (Å²) in [4.78, 5) is 11.6. The van der Waals surface area contributed by atoms with Gasteiger partial charge in [-0.25, -0.2) is 0 Å². The summed E-state index contributed by atoms with van der Waals surface area (Å²) in [5.41, 5.74) is 4.74. The SMILES string of the molecule is CC(C)NC(C)(CCCCOCCOC(C)(C)C)C(N)=O. The van der Waals surface area contributed by atoms with Crippen LogP contribution in [0.2, 0.25) is 0 Å². The molecule has 0 aromatic heterocycles. The average Bonchev–Trinajstić information content (AvgIpc) is 2.30. The summed E-state index contributed by atoms with van der Waals surface area (Å²) in [6, 6.07) is 0.230. The first-order valence-corrected chi connectivity index (χ1v) is 7.86. The van der Waals surface area contributed by atoms with Crippen LogP contribution >= 0.6 is 0 Å². The lowest BCUT2D eigenvalue weighted by molar-refractivity contribution is -0.124. The lowest BCUT2D eigenvalue weighted by Gasteiger charge is -2.29. The quantitative estimate of drug-likeness (QED) is 0.574. The zero-order chi connectivity index (χ0) is 16.5. The fraction of sp³-hybridized carbons (Fsp3) is 0.938. The summed E-state index contributed by atoms with van der Waals surface area (Å²) >= 11 is 0. The van der Waals surface area contributed by atoms with Crippen molar-refractivity contribution in [1.82, 2.24) is 5.32 Å². The molecule has 0 heterocycles. The first-order chi connectivity index (χ1) is 9.57. The minimum atomic E-state index is -0.635. The van der Waals surface area contributed by atoms with Gasteiger partial charge in [0.2, 0.25) is 5.91 Å². The van der Waals surface area contributed by atoms with Crippen LogP contribution in [0.5, 0.6) is 0 Å². The molecule has 0 radical (unpaired) electrons. The van der Waals surface area contributed by atoms with Crippen molar-refractivity contribution in [2.75, 3.05) is 19.8 Å². The Morgan fingerprint density at radius 3 is 2.19 bits per heavy atom. The van der Waals surface area contributed by atoms with Gasteiger partial charge in [0.1, 0.15) is 0 Å². The molecule has 126 valence electrons. The number of carbonyl (C=O) groups is 1. The molecular formula is C16H34N2O3. The van der Waals surface area contributed by atoms with Gasteiger partial charge < -0.3 is 20.5 Å². The van der Waals surface area contributed by atoms with Gasteiger partial charge in [0.05, 0.1) is 24.4 Å². The molecule has 3 N–H and O–H groups in total. The molecule has 21 heavy (non-hydrogen) atoms. The molecule has 0 aliphatic carbocycles. The molecule has 0 aromatic carbocycles. The number of nitrogens with one attached hydrogen (secondary N) is 1. The predicted molar refractivity (Wildman–Crippen MR) is 86.2 cm³/mol. The van der Waals surface area contributed by atoms with Crippen molar-refractivity contribution >= 4 is 5.91 Å². The third kappa shape index (κ3) is 10.7. The summed E-state index contributed by atoms with van der Waals surface area (Å²) in [6.45, 7) is 13.9. The van der Waals surface area contributed by atoms with Gasteiger partial charge in [-0.3, -0.25) is 4.79 Å². The third-order valence-corrected chi connectivity index (χ3v) is 3.13. The van der Waals surface area contributed by atoms with Gasteiger partial charge in [0.25, 0.3) is 0 Å². The molecule has 0 aromatic rings. The third-order valence-electron chi connectivity index (χ3n) is 3.13. The van der Waals surface area contributed by atoms with Crippen LogP contribution in [0.15, 0.2) is 0 Å². The second kappa shape index (κ2) is 9.38. The maximum Gasteiger partial charge on any atom is 0.237 e. The van der Waals surface area contributed by atoms with Gasteiger partial charge in [-0.15, -0.1) is 0 Å². The van der Waals surface area contributed by atoms with Crippen molar-refractivity contribution in [2.24, 2.45) is 5.73 Å². The maximum absolute atomic E-state index is 11.6. The van der Waals surface area contributed by atoms with E-state index in [4.69, 9.17) is 15.2 Å². The number of carbonyl (C=O) groups excluding carboxylic acids is 1. The van der Waals surface area contributed by atoms with Crippen LogP contribution in [0.3, 0.4) is 0 Å². The van der Waals surface area contributed by atoms with E-state index in [0.717, 1.165) is 19.3 Å². The summed E-state index contributed by atoms with van der Waals surface area (Å²) < 4.78 is 11.1. The van der Waals surface area contributed by atoms with Gasteiger partial charge in [-0.2, -0.15) is 0 Å². The van der Waals surface area contributed by atoms with E-state index < -0.39 is 5.54 Å². The molecule has 0 aliphatic heterocycles. The molecule has 5 nitrogen and oxygen atoms in total. The van der Waals surface area contributed by atoms with E-state index in [1.54, 1.807) is 0 Å². The van der Waals surface area contributed by atoms with E-state index in [2.05, 4.69) is 5.32 Å². The van der Waals surface area contributed by atoms with Crippen LogP contribution in [0, 0.1) is 0 Å². The molecule has 1 atom stereocenters. The summed E-state index contributed by atoms with van der Waals surface area (Å²) in [6.07, 6.45) is 2.54. The Kier molecular flexibility index (Phi) is 9.09. The maximum atomic E-state index is 11.6. The molecular weight excluding hydrogens is 268 g/mol. The minimum Gasteiger partial charge on any atom is -0.379 e. The molecule has 0 saturated carbocycles. The van der Waals surface area contributed by atoms with Crippen molar-refractivity contribution in [3.05, 3.63) is 0 Å². The zero-order valence-corrected chi connectivity index (χ0v) is 14.6. The van der Waals surface area contributed by atoms with Crippen LogP contribution < -0.4 is 11.1 Å². The molecule has 0 saturated heterocycles. The summed E-state index contributed by atoms with van der Waals surface area (Å²) in [7, 11) is 0.